The number of benzene rings is 2. The minimum absolute atomic E-state index is 0.103. The van der Waals surface area contributed by atoms with Crippen LogP contribution in [0.4, 0.5) is 0 Å². The number of hydrogen-bond acceptors (Lipinski definition) is 3. The van der Waals surface area contributed by atoms with Crippen LogP contribution >= 0.6 is 11.8 Å². The van der Waals surface area contributed by atoms with Crippen molar-refractivity contribution in [1.82, 2.24) is 5.43 Å². The Morgan fingerprint density at radius 3 is 2.30 bits per heavy atom. The highest BCUT2D eigenvalue weighted by molar-refractivity contribution is 8.00. The van der Waals surface area contributed by atoms with E-state index in [2.05, 4.69) is 36.5 Å². The van der Waals surface area contributed by atoms with E-state index in [4.69, 9.17) is 0 Å². The molecule has 0 unspecified atom stereocenters. The maximum absolute atomic E-state index is 12.0. The molecule has 0 saturated carbocycles. The van der Waals surface area contributed by atoms with Gasteiger partial charge >= 0.3 is 0 Å². The summed E-state index contributed by atoms with van der Waals surface area (Å²) in [6.45, 7) is 6.20. The van der Waals surface area contributed by atoms with E-state index in [1.54, 1.807) is 6.21 Å². The van der Waals surface area contributed by atoms with E-state index in [0.717, 1.165) is 10.5 Å². The van der Waals surface area contributed by atoms with Gasteiger partial charge in [0.15, 0.2) is 0 Å². The van der Waals surface area contributed by atoms with Crippen LogP contribution in [0.1, 0.15) is 37.8 Å². The molecule has 0 aliphatic heterocycles. The van der Waals surface area contributed by atoms with Crippen LogP contribution in [0.25, 0.3) is 0 Å². The van der Waals surface area contributed by atoms with Crippen LogP contribution < -0.4 is 5.43 Å². The fourth-order valence-corrected chi connectivity index (χ4v) is 2.87. The number of thioether (sulfide) groups is 1. The summed E-state index contributed by atoms with van der Waals surface area (Å²) < 4.78 is 0. The minimum Gasteiger partial charge on any atom is -0.272 e. The van der Waals surface area contributed by atoms with Crippen molar-refractivity contribution in [1.29, 1.82) is 0 Å². The molecule has 0 heterocycles. The molecule has 2 aromatic carbocycles. The normalized spacial score (nSPS) is 12.5. The summed E-state index contributed by atoms with van der Waals surface area (Å²) in [5, 5.41) is 3.84. The summed E-state index contributed by atoms with van der Waals surface area (Å²) >= 11 is 1.52. The molecule has 0 radical (unpaired) electrons. The molecule has 120 valence electrons. The Kier molecular flexibility index (Phi) is 6.41. The van der Waals surface area contributed by atoms with Crippen molar-refractivity contribution in [3.63, 3.8) is 0 Å². The van der Waals surface area contributed by atoms with Crippen molar-refractivity contribution >= 4 is 23.9 Å². The van der Waals surface area contributed by atoms with Crippen LogP contribution in [-0.2, 0) is 4.79 Å². The SMILES string of the molecule is CC(C)c1ccc(/C=N\NC(=O)[C@@H](C)Sc2ccccc2)cc1. The van der Waals surface area contributed by atoms with Crippen LogP contribution in [0.3, 0.4) is 0 Å². The van der Waals surface area contributed by atoms with Gasteiger partial charge in [0.05, 0.1) is 11.5 Å². The first-order chi connectivity index (χ1) is 11.1. The molecule has 0 bridgehead atoms. The number of hydrazone groups is 1. The van der Waals surface area contributed by atoms with Gasteiger partial charge in [0, 0.05) is 4.90 Å². The maximum atomic E-state index is 12.0. The van der Waals surface area contributed by atoms with Gasteiger partial charge in [0.25, 0.3) is 5.91 Å². The van der Waals surface area contributed by atoms with Crippen molar-refractivity contribution < 1.29 is 4.79 Å². The first kappa shape index (κ1) is 17.3. The predicted molar refractivity (Wildman–Crippen MR) is 98.0 cm³/mol. The number of nitrogens with one attached hydrogen (secondary N) is 1. The third-order valence-electron chi connectivity index (χ3n) is 3.42. The molecule has 2 rings (SSSR count). The van der Waals surface area contributed by atoms with Crippen molar-refractivity contribution in [2.45, 2.75) is 36.8 Å². The first-order valence-electron chi connectivity index (χ1n) is 7.71. The number of hydrogen-bond donors (Lipinski definition) is 1. The van der Waals surface area contributed by atoms with Gasteiger partial charge < -0.3 is 0 Å². The molecule has 0 aromatic heterocycles. The Morgan fingerprint density at radius 1 is 1.04 bits per heavy atom. The predicted octanol–water partition coefficient (Wildman–Crippen LogP) is 4.44. The van der Waals surface area contributed by atoms with Crippen LogP contribution in [0.15, 0.2) is 64.6 Å². The smallest absolute Gasteiger partial charge is 0.253 e. The van der Waals surface area contributed by atoms with Gasteiger partial charge in [-0.15, -0.1) is 11.8 Å². The van der Waals surface area contributed by atoms with Gasteiger partial charge in [-0.3, -0.25) is 4.79 Å². The van der Waals surface area contributed by atoms with Crippen molar-refractivity contribution in [2.75, 3.05) is 0 Å². The molecule has 4 heteroatoms. The minimum atomic E-state index is -0.196. The number of amides is 1. The molecule has 0 saturated heterocycles. The Hall–Kier alpha value is -2.07. The molecule has 0 fully saturated rings. The zero-order chi connectivity index (χ0) is 16.7. The van der Waals surface area contributed by atoms with Crippen molar-refractivity contribution in [2.24, 2.45) is 5.10 Å². The molecule has 3 nitrogen and oxygen atoms in total. The highest BCUT2D eigenvalue weighted by atomic mass is 32.2. The summed E-state index contributed by atoms with van der Waals surface area (Å²) in [6, 6.07) is 18.1. The fraction of sp³-hybridized carbons (Fsp3) is 0.263. The second kappa shape index (κ2) is 8.53. The summed E-state index contributed by atoms with van der Waals surface area (Å²) in [7, 11) is 0. The average molecular weight is 326 g/mol. The molecule has 0 aliphatic rings. The molecule has 23 heavy (non-hydrogen) atoms. The van der Waals surface area contributed by atoms with E-state index in [-0.39, 0.29) is 11.2 Å². The average Bonchev–Trinajstić information content (AvgIpc) is 2.56. The van der Waals surface area contributed by atoms with Crippen LogP contribution in [0.2, 0.25) is 0 Å². The standard InChI is InChI=1S/C19H22N2OS/c1-14(2)17-11-9-16(10-12-17)13-20-21-19(22)15(3)23-18-7-5-4-6-8-18/h4-15H,1-3H3,(H,21,22)/b20-13-/t15-/m1/s1. The zero-order valence-corrected chi connectivity index (χ0v) is 14.5. The van der Waals surface area contributed by atoms with E-state index in [1.807, 2.05) is 49.4 Å². The van der Waals surface area contributed by atoms with Gasteiger partial charge in [0.1, 0.15) is 0 Å². The topological polar surface area (TPSA) is 41.5 Å². The van der Waals surface area contributed by atoms with E-state index < -0.39 is 0 Å². The lowest BCUT2D eigenvalue weighted by Gasteiger charge is -2.09. The molecule has 1 amide bonds. The van der Waals surface area contributed by atoms with Gasteiger partial charge in [-0.25, -0.2) is 5.43 Å². The number of carbonyl (C=O) groups excluding carboxylic acids is 1. The molecule has 1 atom stereocenters. The van der Waals surface area contributed by atoms with Gasteiger partial charge in [-0.2, -0.15) is 5.10 Å². The quantitative estimate of drug-likeness (QED) is 0.484. The molecule has 1 N–H and O–H groups in total. The molecular formula is C19H22N2OS. The Labute approximate surface area is 142 Å². The Morgan fingerprint density at radius 2 is 1.70 bits per heavy atom. The Balaban J connectivity index is 1.85. The van der Waals surface area contributed by atoms with Crippen molar-refractivity contribution in [3.8, 4) is 0 Å². The van der Waals surface area contributed by atoms with Crippen LogP contribution in [0.5, 0.6) is 0 Å². The molecule has 0 spiro atoms. The van der Waals surface area contributed by atoms with E-state index in [1.165, 1.54) is 17.3 Å². The van der Waals surface area contributed by atoms with Gasteiger partial charge in [0.2, 0.25) is 0 Å². The van der Waals surface area contributed by atoms with Crippen molar-refractivity contribution in [3.05, 3.63) is 65.7 Å². The van der Waals surface area contributed by atoms with E-state index in [9.17, 15) is 4.79 Å². The van der Waals surface area contributed by atoms with E-state index in [0.29, 0.717) is 5.92 Å². The third-order valence-corrected chi connectivity index (χ3v) is 4.53. The number of nitrogens with zero attached hydrogens (tertiary/aromatic N) is 1. The largest absolute Gasteiger partial charge is 0.272 e. The fourth-order valence-electron chi connectivity index (χ4n) is 1.99. The molecule has 0 aliphatic carbocycles. The van der Waals surface area contributed by atoms with Crippen LogP contribution in [-0.4, -0.2) is 17.4 Å². The summed E-state index contributed by atoms with van der Waals surface area (Å²) in [5.74, 6) is 0.408. The molecule has 2 aromatic rings. The van der Waals surface area contributed by atoms with Crippen LogP contribution in [0, 0.1) is 0 Å². The lowest BCUT2D eigenvalue weighted by molar-refractivity contribution is -0.120. The first-order valence-corrected chi connectivity index (χ1v) is 8.59. The zero-order valence-electron chi connectivity index (χ0n) is 13.7. The second-order valence-corrected chi connectivity index (χ2v) is 7.04. The highest BCUT2D eigenvalue weighted by Gasteiger charge is 2.13. The molecular weight excluding hydrogens is 304 g/mol. The Bertz CT molecular complexity index is 651. The summed E-state index contributed by atoms with van der Waals surface area (Å²) in [4.78, 5) is 13.1. The highest BCUT2D eigenvalue weighted by Crippen LogP contribution is 2.22. The number of rotatable bonds is 6. The summed E-state index contributed by atoms with van der Waals surface area (Å²) in [5.41, 5.74) is 4.86. The monoisotopic (exact) mass is 326 g/mol. The van der Waals surface area contributed by atoms with Gasteiger partial charge in [-0.1, -0.05) is 56.3 Å². The lowest BCUT2D eigenvalue weighted by atomic mass is 10.0. The summed E-state index contributed by atoms with van der Waals surface area (Å²) in [6.07, 6.45) is 1.67. The van der Waals surface area contributed by atoms with E-state index >= 15 is 0 Å². The second-order valence-electron chi connectivity index (χ2n) is 5.63. The lowest BCUT2D eigenvalue weighted by Crippen LogP contribution is -2.26. The maximum Gasteiger partial charge on any atom is 0.253 e. The third kappa shape index (κ3) is 5.57. The van der Waals surface area contributed by atoms with Gasteiger partial charge in [-0.05, 0) is 36.1 Å². The number of carbonyl (C=O) groups is 1.